The van der Waals surface area contributed by atoms with E-state index in [9.17, 15) is 30.7 Å². The monoisotopic (exact) mass is 626 g/mol. The number of rotatable bonds is 8. The van der Waals surface area contributed by atoms with Crippen LogP contribution in [0.15, 0.2) is 60.7 Å². The Balaban J connectivity index is 1.37. The quantitative estimate of drug-likeness (QED) is 0.144. The topological polar surface area (TPSA) is 27.7 Å². The summed E-state index contributed by atoms with van der Waals surface area (Å²) in [5.41, 5.74) is -2.28. The van der Waals surface area contributed by atoms with Crippen molar-refractivity contribution in [3.05, 3.63) is 113 Å². The first kappa shape index (κ1) is 31.4. The molecule has 0 bridgehead atoms. The third-order valence-corrected chi connectivity index (χ3v) is 7.06. The maximum absolute atomic E-state index is 15.1. The van der Waals surface area contributed by atoms with Crippen molar-refractivity contribution in [1.82, 2.24) is 0 Å². The molecule has 0 N–H and O–H groups in total. The first-order chi connectivity index (χ1) is 20.9. The van der Waals surface area contributed by atoms with Gasteiger partial charge in [-0.2, -0.15) is 8.78 Å². The zero-order valence-electron chi connectivity index (χ0n) is 22.9. The summed E-state index contributed by atoms with van der Waals surface area (Å²) in [5, 5.41) is 0. The van der Waals surface area contributed by atoms with E-state index in [-0.39, 0.29) is 29.2 Å². The van der Waals surface area contributed by atoms with Gasteiger partial charge in [0, 0.05) is 34.7 Å². The van der Waals surface area contributed by atoms with Crippen LogP contribution in [0.25, 0.3) is 22.3 Å². The molecule has 4 aromatic carbocycles. The smallest absolute Gasteiger partial charge is 0.429 e. The van der Waals surface area contributed by atoms with Gasteiger partial charge in [-0.05, 0) is 41.8 Å². The molecule has 1 saturated heterocycles. The highest BCUT2D eigenvalue weighted by Gasteiger charge is 2.41. The molecule has 0 amide bonds. The van der Waals surface area contributed by atoms with Crippen molar-refractivity contribution in [1.29, 1.82) is 0 Å². The first-order valence-corrected chi connectivity index (χ1v) is 13.4. The van der Waals surface area contributed by atoms with Gasteiger partial charge in [0.25, 0.3) is 0 Å². The molecule has 1 aliphatic rings. The zero-order valence-corrected chi connectivity index (χ0v) is 22.9. The molecule has 232 valence electrons. The molecule has 0 radical (unpaired) electrons. The van der Waals surface area contributed by atoms with Crippen LogP contribution in [0.5, 0.6) is 5.75 Å². The molecular formula is C32H23F9O3. The van der Waals surface area contributed by atoms with E-state index in [1.54, 1.807) is 6.07 Å². The molecule has 0 aliphatic carbocycles. The predicted molar refractivity (Wildman–Crippen MR) is 141 cm³/mol. The van der Waals surface area contributed by atoms with Crippen LogP contribution in [-0.2, 0) is 15.6 Å². The molecular weight excluding hydrogens is 603 g/mol. The van der Waals surface area contributed by atoms with Crippen molar-refractivity contribution in [2.45, 2.75) is 32.2 Å². The SMILES string of the molecule is CCCC1COC(c2ccc(-c3ccc(-c4cc(F)c(C(F)(F)Oc5cc(F)c(F)c(F)c5)c(F)c4)c(F)c3)c(F)c2)OC1. The number of hydrogen-bond donors (Lipinski definition) is 0. The lowest BCUT2D eigenvalue weighted by molar-refractivity contribution is -0.206. The Hall–Kier alpha value is -4.03. The number of halogens is 9. The summed E-state index contributed by atoms with van der Waals surface area (Å²) in [6.45, 7) is 2.99. The third-order valence-electron chi connectivity index (χ3n) is 7.06. The minimum atomic E-state index is -4.81. The molecule has 1 heterocycles. The second kappa shape index (κ2) is 12.5. The lowest BCUT2D eigenvalue weighted by atomic mass is 9.97. The number of benzene rings is 4. The average molecular weight is 627 g/mol. The first-order valence-electron chi connectivity index (χ1n) is 13.4. The van der Waals surface area contributed by atoms with Gasteiger partial charge in [0.15, 0.2) is 23.7 Å². The Bertz CT molecular complexity index is 1640. The van der Waals surface area contributed by atoms with Crippen LogP contribution in [-0.4, -0.2) is 13.2 Å². The van der Waals surface area contributed by atoms with Gasteiger partial charge in [-0.3, -0.25) is 0 Å². The fraction of sp³-hybridized carbons (Fsp3) is 0.250. The van der Waals surface area contributed by atoms with Gasteiger partial charge in [0.1, 0.15) is 34.6 Å². The minimum Gasteiger partial charge on any atom is -0.429 e. The molecule has 0 aromatic heterocycles. The van der Waals surface area contributed by atoms with Crippen LogP contribution < -0.4 is 4.74 Å². The van der Waals surface area contributed by atoms with E-state index >= 15 is 8.78 Å². The standard InChI is InChI=1S/C32H23F9O3/c1-2-3-16-14-42-31(43-15-16)18-5-7-21(24(34)9-18)17-4-6-22(23(33)8-17)19-10-25(35)29(26(36)11-19)32(40,41)44-20-12-27(37)30(39)28(38)13-20/h4-13,16,31H,2-3,14-15H2,1H3. The van der Waals surface area contributed by atoms with Gasteiger partial charge in [0.05, 0.1) is 13.2 Å². The van der Waals surface area contributed by atoms with Crippen LogP contribution >= 0.6 is 0 Å². The summed E-state index contributed by atoms with van der Waals surface area (Å²) in [4.78, 5) is 0. The fourth-order valence-corrected chi connectivity index (χ4v) is 4.94. The molecule has 5 rings (SSSR count). The fourth-order valence-electron chi connectivity index (χ4n) is 4.94. The Morgan fingerprint density at radius 1 is 0.682 bits per heavy atom. The third kappa shape index (κ3) is 6.41. The highest BCUT2D eigenvalue weighted by atomic mass is 19.3. The van der Waals surface area contributed by atoms with Crippen LogP contribution in [0.1, 0.15) is 37.2 Å². The molecule has 4 aromatic rings. The number of alkyl halides is 2. The summed E-state index contributed by atoms with van der Waals surface area (Å²) in [6, 6.07) is 8.41. The summed E-state index contributed by atoms with van der Waals surface area (Å²) in [5.74, 6) is -12.2. The van der Waals surface area contributed by atoms with Crippen LogP contribution in [0.2, 0.25) is 0 Å². The van der Waals surface area contributed by atoms with Crippen LogP contribution in [0.4, 0.5) is 39.5 Å². The summed E-state index contributed by atoms with van der Waals surface area (Å²) in [7, 11) is 0. The molecule has 0 saturated carbocycles. The maximum atomic E-state index is 15.1. The van der Waals surface area contributed by atoms with E-state index in [4.69, 9.17) is 9.47 Å². The Morgan fingerprint density at radius 2 is 1.23 bits per heavy atom. The van der Waals surface area contributed by atoms with Crippen LogP contribution in [0, 0.1) is 46.6 Å². The van der Waals surface area contributed by atoms with Crippen molar-refractivity contribution in [3.63, 3.8) is 0 Å². The molecule has 0 atom stereocenters. The normalized spacial score (nSPS) is 17.1. The summed E-state index contributed by atoms with van der Waals surface area (Å²) < 4.78 is 144. The van der Waals surface area contributed by atoms with Gasteiger partial charge < -0.3 is 14.2 Å². The lowest BCUT2D eigenvalue weighted by Gasteiger charge is -2.29. The van der Waals surface area contributed by atoms with Gasteiger partial charge in [0.2, 0.25) is 0 Å². The second-order valence-electron chi connectivity index (χ2n) is 10.2. The van der Waals surface area contributed by atoms with Crippen molar-refractivity contribution < 1.29 is 53.7 Å². The van der Waals surface area contributed by atoms with E-state index in [0.29, 0.717) is 30.9 Å². The van der Waals surface area contributed by atoms with Crippen molar-refractivity contribution in [2.75, 3.05) is 13.2 Å². The van der Waals surface area contributed by atoms with E-state index in [0.717, 1.165) is 25.0 Å². The minimum absolute atomic E-state index is 0.0111. The summed E-state index contributed by atoms with van der Waals surface area (Å²) >= 11 is 0. The van der Waals surface area contributed by atoms with Crippen LogP contribution in [0.3, 0.4) is 0 Å². The molecule has 1 aliphatic heterocycles. The molecule has 1 fully saturated rings. The van der Waals surface area contributed by atoms with E-state index in [1.165, 1.54) is 18.2 Å². The maximum Gasteiger partial charge on any atom is 0.432 e. The Morgan fingerprint density at radius 3 is 1.80 bits per heavy atom. The van der Waals surface area contributed by atoms with Crippen molar-refractivity contribution in [3.8, 4) is 28.0 Å². The average Bonchev–Trinajstić information content (AvgIpc) is 2.95. The van der Waals surface area contributed by atoms with Crippen molar-refractivity contribution in [2.24, 2.45) is 5.92 Å². The predicted octanol–water partition coefficient (Wildman–Crippen LogP) is 9.58. The van der Waals surface area contributed by atoms with Gasteiger partial charge >= 0.3 is 6.11 Å². The number of hydrogen-bond acceptors (Lipinski definition) is 3. The molecule has 0 unspecified atom stereocenters. The lowest BCUT2D eigenvalue weighted by Crippen LogP contribution is -2.27. The Labute approximate surface area is 245 Å². The number of ether oxygens (including phenoxy) is 3. The van der Waals surface area contributed by atoms with Crippen molar-refractivity contribution >= 4 is 0 Å². The highest BCUT2D eigenvalue weighted by molar-refractivity contribution is 5.72. The molecule has 44 heavy (non-hydrogen) atoms. The van der Waals surface area contributed by atoms with Gasteiger partial charge in [-0.25, -0.2) is 30.7 Å². The molecule has 12 heteroatoms. The van der Waals surface area contributed by atoms with E-state index in [1.807, 2.05) is 6.92 Å². The second-order valence-corrected chi connectivity index (χ2v) is 10.2. The van der Waals surface area contributed by atoms with E-state index < -0.39 is 75.6 Å². The summed E-state index contributed by atoms with van der Waals surface area (Å²) in [6.07, 6.45) is -3.64. The molecule has 3 nitrogen and oxygen atoms in total. The molecule has 0 spiro atoms. The Kier molecular flexibility index (Phi) is 8.94. The van der Waals surface area contributed by atoms with E-state index in [2.05, 4.69) is 4.74 Å². The van der Waals surface area contributed by atoms with Gasteiger partial charge in [-0.15, -0.1) is 0 Å². The highest BCUT2D eigenvalue weighted by Crippen LogP contribution is 2.39. The largest absolute Gasteiger partial charge is 0.432 e. The zero-order chi connectivity index (χ0) is 31.8. The van der Waals surface area contributed by atoms with Gasteiger partial charge in [-0.1, -0.05) is 37.6 Å².